The normalized spacial score (nSPS) is 19.8. The van der Waals surface area contributed by atoms with Gasteiger partial charge in [-0.1, -0.05) is 66.1 Å². The van der Waals surface area contributed by atoms with Crippen LogP contribution >= 0.6 is 22.9 Å². The minimum atomic E-state index is -1.37. The van der Waals surface area contributed by atoms with Gasteiger partial charge in [0.15, 0.2) is 0 Å². The summed E-state index contributed by atoms with van der Waals surface area (Å²) in [5.74, 6) is 2.32. The monoisotopic (exact) mass is 794 g/mol. The molecule has 10 nitrogen and oxygen atoms in total. The average molecular weight is 795 g/mol. The minimum absolute atomic E-state index is 0.0712. The van der Waals surface area contributed by atoms with Crippen molar-refractivity contribution in [2.24, 2.45) is 0 Å². The van der Waals surface area contributed by atoms with Gasteiger partial charge >= 0.3 is 5.97 Å². The second kappa shape index (κ2) is 18.0. The van der Waals surface area contributed by atoms with Crippen molar-refractivity contribution < 1.29 is 33.2 Å². The summed E-state index contributed by atoms with van der Waals surface area (Å²) < 4.78 is 39.6. The van der Waals surface area contributed by atoms with E-state index in [1.54, 1.807) is 36.4 Å². The van der Waals surface area contributed by atoms with E-state index < -0.39 is 18.2 Å². The molecule has 13 heteroatoms. The smallest absolute Gasteiger partial charge is 0.345 e. The van der Waals surface area contributed by atoms with E-state index >= 15 is 0 Å². The van der Waals surface area contributed by atoms with Gasteiger partial charge in [0.2, 0.25) is 12.0 Å². The third-order valence-electron chi connectivity index (χ3n) is 9.58. The number of hydrogen-bond acceptors (Lipinski definition) is 10. The summed E-state index contributed by atoms with van der Waals surface area (Å²) in [5, 5.41) is 11.2. The van der Waals surface area contributed by atoms with E-state index in [2.05, 4.69) is 32.7 Å². The molecule has 2 aromatic heterocycles. The van der Waals surface area contributed by atoms with Gasteiger partial charge < -0.3 is 29.0 Å². The predicted molar refractivity (Wildman–Crippen MR) is 215 cm³/mol. The number of nitrogens with zero attached hydrogens (tertiary/aromatic N) is 4. The van der Waals surface area contributed by atoms with Crippen LogP contribution in [0.15, 0.2) is 102 Å². The largest absolute Gasteiger partial charge is 0.490 e. The maximum atomic E-state index is 14.1. The Hall–Kier alpha value is -5.45. The zero-order chi connectivity index (χ0) is 39.0. The molecule has 1 saturated heterocycles. The number of aliphatic carboxylic acids is 1. The molecule has 0 saturated carbocycles. The first kappa shape index (κ1) is 38.8. The molecule has 288 valence electrons. The fourth-order valence-electron chi connectivity index (χ4n) is 6.61. The number of halogens is 2. The van der Waals surface area contributed by atoms with Crippen molar-refractivity contribution in [2.45, 2.75) is 31.7 Å². The van der Waals surface area contributed by atoms with Gasteiger partial charge in [-0.3, -0.25) is 4.90 Å². The molecule has 56 heavy (non-hydrogen) atoms. The highest BCUT2D eigenvalue weighted by Crippen LogP contribution is 2.42. The van der Waals surface area contributed by atoms with Gasteiger partial charge in [-0.25, -0.2) is 19.2 Å². The summed E-state index contributed by atoms with van der Waals surface area (Å²) in [6, 6.07) is 21.2. The molecule has 0 amide bonds. The Balaban J connectivity index is 1.33. The fourth-order valence-corrected chi connectivity index (χ4v) is 7.88. The summed E-state index contributed by atoms with van der Waals surface area (Å²) in [6.07, 6.45) is 9.13. The first-order chi connectivity index (χ1) is 27.2. The minimum Gasteiger partial charge on any atom is -0.490 e. The molecule has 4 heterocycles. The van der Waals surface area contributed by atoms with Crippen molar-refractivity contribution >= 4 is 39.1 Å². The molecule has 7 rings (SSSR count). The SMILES string of the molecule is C#C/C(Cl)=C1\C=C/Cc2c(-c3ccc(F)cc3)sc3ncnc(c23)O[C@@H](C(=O)O)Cc2cc(ccc2OCc2ccccc2)OC[C@@H](CN2CCN(C)CC2)O1. The molecule has 0 aliphatic carbocycles. The molecule has 1 fully saturated rings. The number of ether oxygens (including phenoxy) is 4. The van der Waals surface area contributed by atoms with E-state index in [9.17, 15) is 14.3 Å². The lowest BCUT2D eigenvalue weighted by Crippen LogP contribution is -2.48. The van der Waals surface area contributed by atoms with Gasteiger partial charge in [0.25, 0.3) is 0 Å². The Morgan fingerprint density at radius 1 is 1.07 bits per heavy atom. The number of benzene rings is 3. The van der Waals surface area contributed by atoms with E-state index in [1.807, 2.05) is 36.4 Å². The van der Waals surface area contributed by atoms with Crippen LogP contribution < -0.4 is 14.2 Å². The van der Waals surface area contributed by atoms with Gasteiger partial charge in [-0.2, -0.15) is 0 Å². The Morgan fingerprint density at radius 3 is 2.61 bits per heavy atom. The number of aromatic nitrogens is 2. The molecule has 0 spiro atoms. The highest BCUT2D eigenvalue weighted by atomic mass is 35.5. The standard InChI is InChI=1S/C43H40ClFN4O6S/c1-3-35(44)37-11-7-10-34-39-41(46-27-47-42(39)56-40(34)29-12-14-31(45)15-13-29)55-38(43(50)51)23-30-22-32(16-17-36(30)53-25-28-8-5-4-6-9-28)52-26-33(54-37)24-49-20-18-48(2)19-21-49/h1,4-9,11-17,22,27,33,38H,10,18-21,23-26H2,2H3,(H,50,51)/b11-7-,37-35-/t33-,38-/m1/s1. The number of carboxylic acids is 1. The van der Waals surface area contributed by atoms with Crippen molar-refractivity contribution in [3.63, 3.8) is 0 Å². The molecule has 2 bridgehead atoms. The summed E-state index contributed by atoms with van der Waals surface area (Å²) in [6.45, 7) is 4.49. The lowest BCUT2D eigenvalue weighted by atomic mass is 10.0. The zero-order valence-corrected chi connectivity index (χ0v) is 32.3. The van der Waals surface area contributed by atoms with Gasteiger partial charge in [-0.15, -0.1) is 17.8 Å². The Bertz CT molecular complexity index is 2270. The van der Waals surface area contributed by atoms with Crippen molar-refractivity contribution in [1.82, 2.24) is 19.8 Å². The number of thiophene rings is 1. The van der Waals surface area contributed by atoms with Gasteiger partial charge in [0, 0.05) is 49.6 Å². The van der Waals surface area contributed by atoms with Gasteiger partial charge in [0.05, 0.1) is 5.39 Å². The molecule has 5 aromatic rings. The summed E-state index contributed by atoms with van der Waals surface area (Å²) >= 11 is 8.00. The number of carbonyl (C=O) groups is 1. The highest BCUT2D eigenvalue weighted by molar-refractivity contribution is 7.22. The number of carboxylic acid groups (broad SMARTS) is 1. The number of allylic oxidation sites excluding steroid dienone is 3. The van der Waals surface area contributed by atoms with Crippen molar-refractivity contribution in [2.75, 3.05) is 46.4 Å². The lowest BCUT2D eigenvalue weighted by Gasteiger charge is -2.34. The van der Waals surface area contributed by atoms with Gasteiger partial charge in [-0.05, 0) is 66.6 Å². The van der Waals surface area contributed by atoms with Crippen LogP contribution in [0.4, 0.5) is 4.39 Å². The molecule has 2 aliphatic rings. The van der Waals surface area contributed by atoms with Gasteiger partial charge in [0.1, 0.15) is 58.6 Å². The van der Waals surface area contributed by atoms with Crippen LogP contribution in [-0.4, -0.2) is 89.4 Å². The first-order valence-electron chi connectivity index (χ1n) is 18.2. The van der Waals surface area contributed by atoms with Crippen LogP contribution in [0, 0.1) is 18.2 Å². The maximum absolute atomic E-state index is 14.1. The molecule has 2 atom stereocenters. The summed E-state index contributed by atoms with van der Waals surface area (Å²) in [4.78, 5) is 27.9. The molecule has 3 aromatic carbocycles. The second-order valence-electron chi connectivity index (χ2n) is 13.6. The number of piperazine rings is 1. The Labute approximate surface area is 333 Å². The van der Waals surface area contributed by atoms with E-state index in [0.717, 1.165) is 47.7 Å². The van der Waals surface area contributed by atoms with Crippen LogP contribution in [0.3, 0.4) is 0 Å². The van der Waals surface area contributed by atoms with E-state index in [1.165, 1.54) is 29.8 Å². The van der Waals surface area contributed by atoms with Crippen molar-refractivity contribution in [3.8, 4) is 40.2 Å². The predicted octanol–water partition coefficient (Wildman–Crippen LogP) is 7.36. The Kier molecular flexibility index (Phi) is 12.5. The Morgan fingerprint density at radius 2 is 1.86 bits per heavy atom. The van der Waals surface area contributed by atoms with Crippen LogP contribution in [0.5, 0.6) is 17.4 Å². The number of fused-ring (bicyclic) bond motifs is 2. The summed E-state index contributed by atoms with van der Waals surface area (Å²) in [7, 11) is 2.10. The van der Waals surface area contributed by atoms with Crippen LogP contribution in [0.25, 0.3) is 20.7 Å². The molecular weight excluding hydrogens is 755 g/mol. The van der Waals surface area contributed by atoms with Crippen LogP contribution in [-0.2, 0) is 29.0 Å². The van der Waals surface area contributed by atoms with Crippen LogP contribution in [0.1, 0.15) is 16.7 Å². The molecule has 1 N–H and O–H groups in total. The third kappa shape index (κ3) is 9.49. The van der Waals surface area contributed by atoms with Crippen molar-refractivity contribution in [3.05, 3.63) is 125 Å². The topological polar surface area (TPSA) is 106 Å². The number of likely N-dealkylation sites (N-methyl/N-ethyl adjacent to an activating group) is 1. The molecular formula is C43H40ClFN4O6S. The number of terminal acetylenes is 1. The second-order valence-corrected chi connectivity index (χ2v) is 14.9. The van der Waals surface area contributed by atoms with E-state index in [4.69, 9.17) is 37.0 Å². The lowest BCUT2D eigenvalue weighted by molar-refractivity contribution is -0.145. The van der Waals surface area contributed by atoms with Crippen molar-refractivity contribution in [1.29, 1.82) is 0 Å². The highest BCUT2D eigenvalue weighted by Gasteiger charge is 2.28. The maximum Gasteiger partial charge on any atom is 0.345 e. The number of hydrogen-bond donors (Lipinski definition) is 1. The first-order valence-corrected chi connectivity index (χ1v) is 19.4. The quantitative estimate of drug-likeness (QED) is 0.168. The van der Waals surface area contributed by atoms with Crippen LogP contribution in [0.2, 0.25) is 0 Å². The molecule has 0 unspecified atom stereocenters. The fraction of sp³-hybridized carbons (Fsp3) is 0.279. The average Bonchev–Trinajstić information content (AvgIpc) is 3.58. The van der Waals surface area contributed by atoms with E-state index in [-0.39, 0.29) is 36.4 Å². The molecule has 0 radical (unpaired) electrons. The van der Waals surface area contributed by atoms with E-state index in [0.29, 0.717) is 46.0 Å². The zero-order valence-electron chi connectivity index (χ0n) is 30.7. The third-order valence-corrected chi connectivity index (χ3v) is 11.1. The summed E-state index contributed by atoms with van der Waals surface area (Å²) in [5.41, 5.74) is 3.01. The molecule has 2 aliphatic heterocycles. The number of rotatable bonds is 7.